The second-order valence-electron chi connectivity index (χ2n) is 8.24. The third-order valence-electron chi connectivity index (χ3n) is 5.77. The summed E-state index contributed by atoms with van der Waals surface area (Å²) in [4.78, 5) is 25.5. The highest BCUT2D eigenvalue weighted by atomic mass is 16.5. The van der Waals surface area contributed by atoms with E-state index in [0.717, 1.165) is 11.1 Å². The lowest BCUT2D eigenvalue weighted by Crippen LogP contribution is -2.14. The molecule has 1 heterocycles. The Hall–Kier alpha value is -4.79. The Balaban J connectivity index is 1.47. The van der Waals surface area contributed by atoms with Crippen LogP contribution < -0.4 is 24.8 Å². The molecule has 0 aliphatic heterocycles. The normalized spacial score (nSPS) is 10.5. The predicted molar refractivity (Wildman–Crippen MR) is 141 cm³/mol. The number of ether oxygens (including phenoxy) is 3. The highest BCUT2D eigenvalue weighted by Gasteiger charge is 2.16. The fourth-order valence-corrected chi connectivity index (χ4v) is 3.86. The number of nitrogens with one attached hydrogen (secondary N) is 2. The van der Waals surface area contributed by atoms with E-state index >= 15 is 0 Å². The first-order valence-corrected chi connectivity index (χ1v) is 11.5. The van der Waals surface area contributed by atoms with E-state index in [1.165, 1.54) is 21.3 Å². The Morgan fingerprint density at radius 1 is 0.865 bits per heavy atom. The van der Waals surface area contributed by atoms with Crippen LogP contribution in [0, 0.1) is 6.92 Å². The maximum Gasteiger partial charge on any atom is 0.255 e. The summed E-state index contributed by atoms with van der Waals surface area (Å²) in [5, 5.41) is 10.1. The van der Waals surface area contributed by atoms with Crippen LogP contribution in [0.5, 0.6) is 17.2 Å². The molecule has 0 radical (unpaired) electrons. The van der Waals surface area contributed by atoms with Crippen LogP contribution in [0.15, 0.2) is 73.1 Å². The fraction of sp³-hybridized carbons (Fsp3) is 0.179. The SMILES string of the molecule is COc1cc(NC(=O)c2cccc(-n3cc(NC(=O)Cc4ccccc4C)cn3)c2)cc(OC)c1OC. The molecule has 2 amide bonds. The summed E-state index contributed by atoms with van der Waals surface area (Å²) in [5.74, 6) is 0.840. The number of carbonyl (C=O) groups excluding carboxylic acids is 2. The Morgan fingerprint density at radius 3 is 2.27 bits per heavy atom. The van der Waals surface area contributed by atoms with Crippen LogP contribution in [-0.2, 0) is 11.2 Å². The molecule has 1 aromatic heterocycles. The van der Waals surface area contributed by atoms with Gasteiger partial charge in [-0.3, -0.25) is 9.59 Å². The number of aryl methyl sites for hydroxylation is 1. The van der Waals surface area contributed by atoms with Gasteiger partial charge in [0.2, 0.25) is 11.7 Å². The molecule has 9 heteroatoms. The first kappa shape index (κ1) is 25.3. The number of aromatic nitrogens is 2. The van der Waals surface area contributed by atoms with Gasteiger partial charge in [-0.2, -0.15) is 5.10 Å². The molecule has 0 saturated carbocycles. The molecular weight excluding hydrogens is 472 g/mol. The van der Waals surface area contributed by atoms with Crippen molar-refractivity contribution >= 4 is 23.2 Å². The van der Waals surface area contributed by atoms with Gasteiger partial charge in [-0.05, 0) is 36.2 Å². The van der Waals surface area contributed by atoms with Crippen LogP contribution in [0.3, 0.4) is 0 Å². The lowest BCUT2D eigenvalue weighted by molar-refractivity contribution is -0.115. The van der Waals surface area contributed by atoms with Crippen molar-refractivity contribution in [2.24, 2.45) is 0 Å². The molecule has 37 heavy (non-hydrogen) atoms. The molecular formula is C28H28N4O5. The smallest absolute Gasteiger partial charge is 0.255 e. The van der Waals surface area contributed by atoms with Gasteiger partial charge < -0.3 is 24.8 Å². The number of hydrogen-bond acceptors (Lipinski definition) is 6. The molecule has 0 unspecified atom stereocenters. The Bertz CT molecular complexity index is 1400. The molecule has 0 atom stereocenters. The number of rotatable bonds is 9. The van der Waals surface area contributed by atoms with Crippen molar-refractivity contribution in [2.75, 3.05) is 32.0 Å². The van der Waals surface area contributed by atoms with Crippen molar-refractivity contribution in [2.45, 2.75) is 13.3 Å². The summed E-state index contributed by atoms with van der Waals surface area (Å²) < 4.78 is 17.6. The lowest BCUT2D eigenvalue weighted by atomic mass is 10.1. The van der Waals surface area contributed by atoms with Crippen molar-refractivity contribution in [1.29, 1.82) is 0 Å². The third kappa shape index (κ3) is 5.90. The van der Waals surface area contributed by atoms with E-state index in [1.54, 1.807) is 47.4 Å². The number of anilines is 2. The molecule has 4 aromatic rings. The van der Waals surface area contributed by atoms with E-state index in [-0.39, 0.29) is 18.2 Å². The van der Waals surface area contributed by atoms with Gasteiger partial charge in [0.15, 0.2) is 11.5 Å². The highest BCUT2D eigenvalue weighted by Crippen LogP contribution is 2.40. The first-order valence-electron chi connectivity index (χ1n) is 11.5. The number of carbonyl (C=O) groups is 2. The summed E-state index contributed by atoms with van der Waals surface area (Å²) >= 11 is 0. The summed E-state index contributed by atoms with van der Waals surface area (Å²) in [5.41, 5.74) is 4.17. The van der Waals surface area contributed by atoms with Gasteiger partial charge in [0.1, 0.15) is 0 Å². The minimum atomic E-state index is -0.324. The molecule has 4 rings (SSSR count). The van der Waals surface area contributed by atoms with Crippen LogP contribution in [-0.4, -0.2) is 42.9 Å². The largest absolute Gasteiger partial charge is 0.493 e. The zero-order valence-corrected chi connectivity index (χ0v) is 21.1. The second kappa shape index (κ2) is 11.3. The van der Waals surface area contributed by atoms with E-state index in [1.807, 2.05) is 37.3 Å². The van der Waals surface area contributed by atoms with E-state index in [9.17, 15) is 9.59 Å². The van der Waals surface area contributed by atoms with Gasteiger partial charge in [0, 0.05) is 23.4 Å². The summed E-state index contributed by atoms with van der Waals surface area (Å²) in [6.45, 7) is 1.98. The molecule has 9 nitrogen and oxygen atoms in total. The maximum absolute atomic E-state index is 13.0. The van der Waals surface area contributed by atoms with Crippen molar-refractivity contribution in [3.63, 3.8) is 0 Å². The molecule has 3 aromatic carbocycles. The molecule has 0 saturated heterocycles. The van der Waals surface area contributed by atoms with Gasteiger partial charge in [-0.15, -0.1) is 0 Å². The van der Waals surface area contributed by atoms with Crippen LogP contribution in [0.1, 0.15) is 21.5 Å². The van der Waals surface area contributed by atoms with Crippen LogP contribution in [0.4, 0.5) is 11.4 Å². The minimum absolute atomic E-state index is 0.132. The zero-order chi connectivity index (χ0) is 26.4. The Morgan fingerprint density at radius 2 is 1.59 bits per heavy atom. The fourth-order valence-electron chi connectivity index (χ4n) is 3.86. The first-order chi connectivity index (χ1) is 17.9. The molecule has 2 N–H and O–H groups in total. The average molecular weight is 501 g/mol. The van der Waals surface area contributed by atoms with Crippen molar-refractivity contribution in [3.8, 4) is 22.9 Å². The van der Waals surface area contributed by atoms with E-state index in [0.29, 0.717) is 39.9 Å². The molecule has 0 fully saturated rings. The summed E-state index contributed by atoms with van der Waals surface area (Å²) in [7, 11) is 4.53. The number of nitrogens with zero attached hydrogens (tertiary/aromatic N) is 2. The topological polar surface area (TPSA) is 104 Å². The zero-order valence-electron chi connectivity index (χ0n) is 21.1. The Kier molecular flexibility index (Phi) is 7.73. The highest BCUT2D eigenvalue weighted by molar-refractivity contribution is 6.05. The molecule has 0 spiro atoms. The van der Waals surface area contributed by atoms with Gasteiger partial charge in [0.25, 0.3) is 5.91 Å². The van der Waals surface area contributed by atoms with Crippen molar-refractivity contribution in [1.82, 2.24) is 9.78 Å². The van der Waals surface area contributed by atoms with Crippen LogP contribution in [0.25, 0.3) is 5.69 Å². The molecule has 0 bridgehead atoms. The van der Waals surface area contributed by atoms with E-state index < -0.39 is 0 Å². The number of benzene rings is 3. The van der Waals surface area contributed by atoms with Crippen molar-refractivity contribution < 1.29 is 23.8 Å². The van der Waals surface area contributed by atoms with E-state index in [4.69, 9.17) is 14.2 Å². The van der Waals surface area contributed by atoms with Crippen molar-refractivity contribution in [3.05, 3.63) is 89.7 Å². The van der Waals surface area contributed by atoms with Gasteiger partial charge in [0.05, 0.1) is 51.5 Å². The molecule has 190 valence electrons. The maximum atomic E-state index is 13.0. The quantitative estimate of drug-likeness (QED) is 0.347. The third-order valence-corrected chi connectivity index (χ3v) is 5.77. The Labute approximate surface area is 215 Å². The minimum Gasteiger partial charge on any atom is -0.493 e. The van der Waals surface area contributed by atoms with Gasteiger partial charge >= 0.3 is 0 Å². The standard InChI is InChI=1S/C28H28N4O5/c1-18-8-5-6-9-19(18)13-26(33)30-22-16-29-32(17-22)23-11-7-10-20(12-23)28(34)31-21-14-24(35-2)27(37-4)25(15-21)36-3/h5-12,14-17H,13H2,1-4H3,(H,30,33)(H,31,34). The molecule has 0 aliphatic carbocycles. The average Bonchev–Trinajstić information content (AvgIpc) is 3.37. The number of amides is 2. The monoisotopic (exact) mass is 500 g/mol. The van der Waals surface area contributed by atoms with Gasteiger partial charge in [-0.1, -0.05) is 30.3 Å². The van der Waals surface area contributed by atoms with Crippen LogP contribution >= 0.6 is 0 Å². The molecule has 0 aliphatic rings. The summed E-state index contributed by atoms with van der Waals surface area (Å²) in [6, 6.07) is 18.1. The number of methoxy groups -OCH3 is 3. The summed E-state index contributed by atoms with van der Waals surface area (Å²) in [6.07, 6.45) is 3.54. The number of hydrogen-bond donors (Lipinski definition) is 2. The second-order valence-corrected chi connectivity index (χ2v) is 8.24. The van der Waals surface area contributed by atoms with Gasteiger partial charge in [-0.25, -0.2) is 4.68 Å². The lowest BCUT2D eigenvalue weighted by Gasteiger charge is -2.14. The van der Waals surface area contributed by atoms with Crippen LogP contribution in [0.2, 0.25) is 0 Å². The predicted octanol–water partition coefficient (Wildman–Crippen LogP) is 4.64. The van der Waals surface area contributed by atoms with E-state index in [2.05, 4.69) is 15.7 Å².